The lowest BCUT2D eigenvalue weighted by Crippen LogP contribution is -2.43. The Bertz CT molecular complexity index is 705. The van der Waals surface area contributed by atoms with Crippen molar-refractivity contribution < 1.29 is 14.1 Å². The number of piperidine rings is 1. The van der Waals surface area contributed by atoms with Gasteiger partial charge in [-0.15, -0.1) is 0 Å². The third-order valence-electron chi connectivity index (χ3n) is 4.27. The van der Waals surface area contributed by atoms with Crippen molar-refractivity contribution in [3.05, 3.63) is 30.2 Å². The van der Waals surface area contributed by atoms with Crippen molar-refractivity contribution in [2.45, 2.75) is 18.8 Å². The molecule has 24 heavy (non-hydrogen) atoms. The molecule has 1 fully saturated rings. The summed E-state index contributed by atoms with van der Waals surface area (Å²) in [7, 11) is 5.17. The average Bonchev–Trinajstić information content (AvgIpc) is 3.11. The third-order valence-corrected chi connectivity index (χ3v) is 4.27. The fourth-order valence-corrected chi connectivity index (χ4v) is 2.88. The van der Waals surface area contributed by atoms with E-state index in [0.29, 0.717) is 24.8 Å². The number of hydrogen-bond donors (Lipinski definition) is 0. The summed E-state index contributed by atoms with van der Waals surface area (Å²) in [6.45, 7) is 1.41. The molecule has 1 saturated heterocycles. The molecule has 0 N–H and O–H groups in total. The van der Waals surface area contributed by atoms with E-state index in [1.807, 2.05) is 29.2 Å². The normalized spacial score (nSPS) is 15.4. The standard InChI is InChI=1S/C17H22N4O3/c1-20(2)17(22)21-9-7-12(8-10-21)16-18-15(19-24-16)13-5-4-6-14(11-13)23-3/h4-6,11-12H,7-10H2,1-3H3. The minimum Gasteiger partial charge on any atom is -0.497 e. The van der Waals surface area contributed by atoms with Crippen LogP contribution >= 0.6 is 0 Å². The molecule has 0 radical (unpaired) electrons. The maximum Gasteiger partial charge on any atom is 0.319 e. The molecule has 7 heteroatoms. The number of benzene rings is 1. The molecule has 0 spiro atoms. The summed E-state index contributed by atoms with van der Waals surface area (Å²) in [6, 6.07) is 7.64. The summed E-state index contributed by atoms with van der Waals surface area (Å²) in [6.07, 6.45) is 1.67. The number of rotatable bonds is 3. The van der Waals surface area contributed by atoms with Crippen molar-refractivity contribution >= 4 is 6.03 Å². The van der Waals surface area contributed by atoms with Crippen molar-refractivity contribution in [1.82, 2.24) is 19.9 Å². The van der Waals surface area contributed by atoms with Crippen molar-refractivity contribution in [2.24, 2.45) is 0 Å². The molecule has 2 aromatic rings. The number of aromatic nitrogens is 2. The third kappa shape index (κ3) is 3.34. The number of urea groups is 1. The molecule has 0 bridgehead atoms. The summed E-state index contributed by atoms with van der Waals surface area (Å²) in [5.41, 5.74) is 0.865. The van der Waals surface area contributed by atoms with Crippen molar-refractivity contribution in [2.75, 3.05) is 34.3 Å². The number of carbonyl (C=O) groups is 1. The molecular weight excluding hydrogens is 308 g/mol. The number of hydrogen-bond acceptors (Lipinski definition) is 5. The largest absolute Gasteiger partial charge is 0.497 e. The molecule has 0 saturated carbocycles. The van der Waals surface area contributed by atoms with E-state index in [-0.39, 0.29) is 11.9 Å². The maximum absolute atomic E-state index is 12.0. The molecule has 1 aliphatic heterocycles. The van der Waals surface area contributed by atoms with Gasteiger partial charge >= 0.3 is 6.03 Å². The average molecular weight is 330 g/mol. The monoisotopic (exact) mass is 330 g/mol. The zero-order valence-electron chi connectivity index (χ0n) is 14.2. The van der Waals surface area contributed by atoms with Crippen molar-refractivity contribution in [1.29, 1.82) is 0 Å². The highest BCUT2D eigenvalue weighted by Crippen LogP contribution is 2.29. The van der Waals surface area contributed by atoms with E-state index in [2.05, 4.69) is 10.1 Å². The fourth-order valence-electron chi connectivity index (χ4n) is 2.88. The van der Waals surface area contributed by atoms with Crippen LogP contribution in [0, 0.1) is 0 Å². The van der Waals surface area contributed by atoms with Crippen LogP contribution in [0.15, 0.2) is 28.8 Å². The Morgan fingerprint density at radius 3 is 2.75 bits per heavy atom. The van der Waals surface area contributed by atoms with E-state index in [1.54, 1.807) is 26.1 Å². The van der Waals surface area contributed by atoms with Crippen molar-refractivity contribution in [3.63, 3.8) is 0 Å². The van der Waals surface area contributed by atoms with Crippen LogP contribution < -0.4 is 4.74 Å². The van der Waals surface area contributed by atoms with Gasteiger partial charge in [0.05, 0.1) is 7.11 Å². The molecule has 2 amide bonds. The highest BCUT2D eigenvalue weighted by molar-refractivity contribution is 5.73. The smallest absolute Gasteiger partial charge is 0.319 e. The van der Waals surface area contributed by atoms with Gasteiger partial charge in [-0.05, 0) is 25.0 Å². The first-order valence-electron chi connectivity index (χ1n) is 8.02. The summed E-state index contributed by atoms with van der Waals surface area (Å²) in [5.74, 6) is 2.16. The Balaban J connectivity index is 1.67. The van der Waals surface area contributed by atoms with Gasteiger partial charge in [0.15, 0.2) is 0 Å². The molecule has 1 aromatic heterocycles. The number of likely N-dealkylation sites (tertiary alicyclic amines) is 1. The van der Waals surface area contributed by atoms with Gasteiger partial charge in [-0.3, -0.25) is 0 Å². The van der Waals surface area contributed by atoms with E-state index in [9.17, 15) is 4.79 Å². The Labute approximate surface area is 141 Å². The molecule has 7 nitrogen and oxygen atoms in total. The molecule has 3 rings (SSSR count). The first kappa shape index (κ1) is 16.3. The summed E-state index contributed by atoms with van der Waals surface area (Å²) in [4.78, 5) is 20.0. The summed E-state index contributed by atoms with van der Waals surface area (Å²) < 4.78 is 10.7. The maximum atomic E-state index is 12.0. The van der Waals surface area contributed by atoms with Crippen LogP contribution in [0.2, 0.25) is 0 Å². The lowest BCUT2D eigenvalue weighted by molar-refractivity contribution is 0.152. The number of methoxy groups -OCH3 is 1. The van der Waals surface area contributed by atoms with Crippen LogP contribution in [0.25, 0.3) is 11.4 Å². The quantitative estimate of drug-likeness (QED) is 0.865. The van der Waals surface area contributed by atoms with Gasteiger partial charge in [0, 0.05) is 38.7 Å². The minimum absolute atomic E-state index is 0.0519. The van der Waals surface area contributed by atoms with Crippen molar-refractivity contribution in [3.8, 4) is 17.1 Å². The van der Waals surface area contributed by atoms with Crippen LogP contribution in [-0.2, 0) is 0 Å². The van der Waals surface area contributed by atoms with Gasteiger partial charge in [-0.2, -0.15) is 4.98 Å². The topological polar surface area (TPSA) is 71.7 Å². The highest BCUT2D eigenvalue weighted by atomic mass is 16.5. The van der Waals surface area contributed by atoms with Gasteiger partial charge in [0.1, 0.15) is 5.75 Å². The first-order chi connectivity index (χ1) is 11.6. The first-order valence-corrected chi connectivity index (χ1v) is 8.02. The molecule has 0 aliphatic carbocycles. The number of nitrogens with zero attached hydrogens (tertiary/aromatic N) is 4. The molecule has 1 aliphatic rings. The second-order valence-electron chi connectivity index (χ2n) is 6.13. The van der Waals surface area contributed by atoms with E-state index in [1.165, 1.54) is 0 Å². The summed E-state index contributed by atoms with van der Waals surface area (Å²) >= 11 is 0. The van der Waals surface area contributed by atoms with Gasteiger partial charge < -0.3 is 19.1 Å². The van der Waals surface area contributed by atoms with Crippen LogP contribution in [0.5, 0.6) is 5.75 Å². The zero-order chi connectivity index (χ0) is 17.1. The molecule has 0 unspecified atom stereocenters. The molecule has 1 aromatic carbocycles. The second kappa shape index (κ2) is 6.90. The SMILES string of the molecule is COc1cccc(-c2noc(C3CCN(C(=O)N(C)C)CC3)n2)c1. The van der Waals surface area contributed by atoms with Gasteiger partial charge in [-0.25, -0.2) is 4.79 Å². The molecular formula is C17H22N4O3. The molecule has 2 heterocycles. The second-order valence-corrected chi connectivity index (χ2v) is 6.13. The molecule has 128 valence electrons. The minimum atomic E-state index is 0.0519. The van der Waals surface area contributed by atoms with Gasteiger partial charge in [0.2, 0.25) is 11.7 Å². The predicted octanol–water partition coefficient (Wildman–Crippen LogP) is 2.61. The van der Waals surface area contributed by atoms with Gasteiger partial charge in [-0.1, -0.05) is 17.3 Å². The Morgan fingerprint density at radius 2 is 2.08 bits per heavy atom. The van der Waals surface area contributed by atoms with Crippen LogP contribution in [-0.4, -0.2) is 60.3 Å². The number of ether oxygens (including phenoxy) is 1. The fraction of sp³-hybridized carbons (Fsp3) is 0.471. The van der Waals surface area contributed by atoms with Gasteiger partial charge in [0.25, 0.3) is 0 Å². The number of amides is 2. The Kier molecular flexibility index (Phi) is 4.69. The Hall–Kier alpha value is -2.57. The van der Waals surface area contributed by atoms with E-state index in [0.717, 1.165) is 24.2 Å². The van der Waals surface area contributed by atoms with E-state index < -0.39 is 0 Å². The Morgan fingerprint density at radius 1 is 1.33 bits per heavy atom. The summed E-state index contributed by atoms with van der Waals surface area (Å²) in [5, 5.41) is 4.09. The lowest BCUT2D eigenvalue weighted by Gasteiger charge is -2.32. The lowest BCUT2D eigenvalue weighted by atomic mass is 9.97. The number of carbonyl (C=O) groups excluding carboxylic acids is 1. The predicted molar refractivity (Wildman–Crippen MR) is 88.9 cm³/mol. The van der Waals surface area contributed by atoms with E-state index >= 15 is 0 Å². The highest BCUT2D eigenvalue weighted by Gasteiger charge is 2.28. The van der Waals surface area contributed by atoms with E-state index in [4.69, 9.17) is 9.26 Å². The van der Waals surface area contributed by atoms with Crippen LogP contribution in [0.4, 0.5) is 4.79 Å². The van der Waals surface area contributed by atoms with Crippen LogP contribution in [0.3, 0.4) is 0 Å². The zero-order valence-corrected chi connectivity index (χ0v) is 14.2. The molecule has 0 atom stereocenters. The van der Waals surface area contributed by atoms with Crippen LogP contribution in [0.1, 0.15) is 24.7 Å².